The van der Waals surface area contributed by atoms with E-state index in [1.54, 1.807) is 17.5 Å². The molecule has 0 saturated heterocycles. The summed E-state index contributed by atoms with van der Waals surface area (Å²) in [6.07, 6.45) is 1.79. The Labute approximate surface area is 112 Å². The first kappa shape index (κ1) is 12.0. The summed E-state index contributed by atoms with van der Waals surface area (Å²) in [5.74, 6) is 0. The minimum atomic E-state index is 0.0769. The maximum absolute atomic E-state index is 5.95. The van der Waals surface area contributed by atoms with Crippen molar-refractivity contribution in [3.63, 3.8) is 0 Å². The van der Waals surface area contributed by atoms with Crippen LogP contribution in [0, 0.1) is 0 Å². The molecule has 16 heavy (non-hydrogen) atoms. The normalized spacial score (nSPS) is 12.7. The molecule has 84 valence electrons. The molecule has 0 fully saturated rings. The summed E-state index contributed by atoms with van der Waals surface area (Å²) >= 11 is 11.0. The lowest BCUT2D eigenvalue weighted by Crippen LogP contribution is -2.18. The highest BCUT2D eigenvalue weighted by atomic mass is 79.9. The molecule has 2 aromatic heterocycles. The van der Waals surface area contributed by atoms with E-state index in [1.807, 2.05) is 31.3 Å². The highest BCUT2D eigenvalue weighted by Gasteiger charge is 2.17. The Morgan fingerprint density at radius 3 is 2.81 bits per heavy atom. The molecular formula is C11H10BrClN2S. The maximum Gasteiger partial charge on any atom is 0.0931 e. The van der Waals surface area contributed by atoms with E-state index >= 15 is 0 Å². The molecular weight excluding hydrogens is 308 g/mol. The Bertz CT molecular complexity index is 486. The first-order valence-corrected chi connectivity index (χ1v) is 6.74. The molecule has 0 aliphatic heterocycles. The smallest absolute Gasteiger partial charge is 0.0931 e. The maximum atomic E-state index is 5.95. The average Bonchev–Trinajstić information content (AvgIpc) is 2.69. The fourth-order valence-corrected chi connectivity index (χ4v) is 3.17. The summed E-state index contributed by atoms with van der Waals surface area (Å²) in [6, 6.07) is 7.90. The first-order valence-electron chi connectivity index (χ1n) is 4.75. The predicted molar refractivity (Wildman–Crippen MR) is 72.2 cm³/mol. The van der Waals surface area contributed by atoms with Gasteiger partial charge in [0, 0.05) is 15.5 Å². The number of aromatic nitrogens is 1. The molecule has 0 radical (unpaired) electrons. The first-order chi connectivity index (χ1) is 7.72. The number of nitrogens with one attached hydrogen (secondary N) is 1. The molecule has 2 aromatic rings. The van der Waals surface area contributed by atoms with E-state index in [2.05, 4.69) is 26.2 Å². The molecule has 0 saturated carbocycles. The average molecular weight is 318 g/mol. The van der Waals surface area contributed by atoms with Crippen LogP contribution >= 0.6 is 38.9 Å². The number of nitrogens with zero attached hydrogens (tertiary/aromatic N) is 1. The van der Waals surface area contributed by atoms with Gasteiger partial charge in [0.25, 0.3) is 0 Å². The lowest BCUT2D eigenvalue weighted by atomic mass is 10.1. The van der Waals surface area contributed by atoms with Crippen LogP contribution in [0.3, 0.4) is 0 Å². The highest BCUT2D eigenvalue weighted by molar-refractivity contribution is 9.10. The Morgan fingerprint density at radius 1 is 1.44 bits per heavy atom. The van der Waals surface area contributed by atoms with Gasteiger partial charge in [0.2, 0.25) is 0 Å². The van der Waals surface area contributed by atoms with Gasteiger partial charge in [-0.05, 0) is 47.2 Å². The van der Waals surface area contributed by atoms with Crippen LogP contribution in [0.15, 0.2) is 34.9 Å². The van der Waals surface area contributed by atoms with Crippen LogP contribution in [0.4, 0.5) is 0 Å². The monoisotopic (exact) mass is 316 g/mol. The van der Waals surface area contributed by atoms with E-state index in [-0.39, 0.29) is 6.04 Å². The second-order valence-electron chi connectivity index (χ2n) is 3.23. The van der Waals surface area contributed by atoms with Gasteiger partial charge >= 0.3 is 0 Å². The van der Waals surface area contributed by atoms with Crippen molar-refractivity contribution in [3.8, 4) is 0 Å². The van der Waals surface area contributed by atoms with E-state index in [4.69, 9.17) is 11.6 Å². The number of hydrogen-bond acceptors (Lipinski definition) is 3. The summed E-state index contributed by atoms with van der Waals surface area (Å²) in [4.78, 5) is 5.55. The summed E-state index contributed by atoms with van der Waals surface area (Å²) < 4.78 is 1.79. The second-order valence-corrected chi connectivity index (χ2v) is 5.84. The Hall–Kier alpha value is -0.420. The molecule has 0 aliphatic carbocycles. The third-order valence-electron chi connectivity index (χ3n) is 2.23. The van der Waals surface area contributed by atoms with E-state index in [0.717, 1.165) is 19.4 Å². The quantitative estimate of drug-likeness (QED) is 0.929. The second kappa shape index (κ2) is 5.27. The van der Waals surface area contributed by atoms with E-state index in [0.29, 0.717) is 0 Å². The van der Waals surface area contributed by atoms with Crippen molar-refractivity contribution in [1.82, 2.24) is 10.3 Å². The van der Waals surface area contributed by atoms with Gasteiger partial charge in [-0.15, -0.1) is 11.3 Å². The summed E-state index contributed by atoms with van der Waals surface area (Å²) in [6.45, 7) is 0. The highest BCUT2D eigenvalue weighted by Crippen LogP contribution is 2.32. The molecule has 0 aliphatic rings. The number of thiophene rings is 1. The minimum Gasteiger partial charge on any atom is -0.307 e. The minimum absolute atomic E-state index is 0.0769. The molecule has 1 atom stereocenters. The zero-order chi connectivity index (χ0) is 11.5. The molecule has 0 bridgehead atoms. The van der Waals surface area contributed by atoms with Crippen molar-refractivity contribution in [2.24, 2.45) is 0 Å². The van der Waals surface area contributed by atoms with Gasteiger partial charge in [0.15, 0.2) is 0 Å². The zero-order valence-electron chi connectivity index (χ0n) is 8.58. The van der Waals surface area contributed by atoms with Crippen LogP contribution in [0.25, 0.3) is 0 Å². The SMILES string of the molecule is CNC(c1ccc(Cl)s1)c1ncccc1Br. The lowest BCUT2D eigenvalue weighted by Gasteiger charge is -2.15. The Morgan fingerprint density at radius 2 is 2.25 bits per heavy atom. The summed E-state index contributed by atoms with van der Waals surface area (Å²) in [5, 5.41) is 3.25. The summed E-state index contributed by atoms with van der Waals surface area (Å²) in [5.41, 5.74) is 0.975. The number of halogens is 2. The third-order valence-corrected chi connectivity index (χ3v) is 4.19. The van der Waals surface area contributed by atoms with Crippen molar-refractivity contribution in [2.45, 2.75) is 6.04 Å². The van der Waals surface area contributed by atoms with Gasteiger partial charge in [0.05, 0.1) is 16.1 Å². The van der Waals surface area contributed by atoms with Crippen LogP contribution in [-0.4, -0.2) is 12.0 Å². The zero-order valence-corrected chi connectivity index (χ0v) is 11.7. The Kier molecular flexibility index (Phi) is 3.97. The van der Waals surface area contributed by atoms with Gasteiger partial charge in [0.1, 0.15) is 0 Å². The third kappa shape index (κ3) is 2.46. The van der Waals surface area contributed by atoms with Crippen LogP contribution in [0.1, 0.15) is 16.6 Å². The predicted octanol–water partition coefficient (Wildman–Crippen LogP) is 3.87. The van der Waals surface area contributed by atoms with Gasteiger partial charge in [-0.1, -0.05) is 11.6 Å². The molecule has 1 N–H and O–H groups in total. The fraction of sp³-hybridized carbons (Fsp3) is 0.182. The van der Waals surface area contributed by atoms with Crippen molar-refractivity contribution in [2.75, 3.05) is 7.05 Å². The summed E-state index contributed by atoms with van der Waals surface area (Å²) in [7, 11) is 1.92. The van der Waals surface area contributed by atoms with E-state index < -0.39 is 0 Å². The molecule has 5 heteroatoms. The van der Waals surface area contributed by atoms with Gasteiger partial charge in [-0.25, -0.2) is 0 Å². The molecule has 0 amide bonds. The number of rotatable bonds is 3. The number of hydrogen-bond donors (Lipinski definition) is 1. The van der Waals surface area contributed by atoms with Crippen molar-refractivity contribution < 1.29 is 0 Å². The molecule has 2 nitrogen and oxygen atoms in total. The Balaban J connectivity index is 2.40. The molecule has 0 spiro atoms. The standard InChI is InChI=1S/C11H10BrClN2S/c1-14-11(8-4-5-9(13)16-8)10-7(12)3-2-6-15-10/h2-6,11,14H,1H3. The van der Waals surface area contributed by atoms with Gasteiger partial charge < -0.3 is 5.32 Å². The number of pyridine rings is 1. The van der Waals surface area contributed by atoms with Crippen LogP contribution in [-0.2, 0) is 0 Å². The molecule has 0 aromatic carbocycles. The molecule has 1 unspecified atom stereocenters. The van der Waals surface area contributed by atoms with E-state index in [1.165, 1.54) is 0 Å². The lowest BCUT2D eigenvalue weighted by molar-refractivity contribution is 0.679. The fourth-order valence-electron chi connectivity index (χ4n) is 1.51. The van der Waals surface area contributed by atoms with Crippen molar-refractivity contribution in [3.05, 3.63) is 49.8 Å². The van der Waals surface area contributed by atoms with Crippen LogP contribution in [0.2, 0.25) is 4.34 Å². The van der Waals surface area contributed by atoms with Crippen molar-refractivity contribution >= 4 is 38.9 Å². The van der Waals surface area contributed by atoms with Crippen molar-refractivity contribution in [1.29, 1.82) is 0 Å². The van der Waals surface area contributed by atoms with E-state index in [9.17, 15) is 0 Å². The molecule has 2 rings (SSSR count). The van der Waals surface area contributed by atoms with Crippen LogP contribution in [0.5, 0.6) is 0 Å². The largest absolute Gasteiger partial charge is 0.307 e. The van der Waals surface area contributed by atoms with Gasteiger partial charge in [-0.2, -0.15) is 0 Å². The van der Waals surface area contributed by atoms with Crippen LogP contribution < -0.4 is 5.32 Å². The molecule has 2 heterocycles. The topological polar surface area (TPSA) is 24.9 Å². The van der Waals surface area contributed by atoms with Gasteiger partial charge in [-0.3, -0.25) is 4.98 Å².